The lowest BCUT2D eigenvalue weighted by Crippen LogP contribution is -2.49. The summed E-state index contributed by atoms with van der Waals surface area (Å²) in [5, 5.41) is 9.86. The van der Waals surface area contributed by atoms with Crippen molar-refractivity contribution in [2.45, 2.75) is 52.1 Å². The van der Waals surface area contributed by atoms with Crippen LogP contribution in [-0.4, -0.2) is 69.1 Å². The van der Waals surface area contributed by atoms with Gasteiger partial charge in [-0.25, -0.2) is 0 Å². The Bertz CT molecular complexity index is 709. The van der Waals surface area contributed by atoms with E-state index >= 15 is 0 Å². The number of nitrogens with zero attached hydrogens (tertiary/aromatic N) is 3. The van der Waals surface area contributed by atoms with E-state index < -0.39 is 0 Å². The fourth-order valence-corrected chi connectivity index (χ4v) is 4.50. The molecule has 1 aromatic carbocycles. The summed E-state index contributed by atoms with van der Waals surface area (Å²) in [6.45, 7) is 10.7. The van der Waals surface area contributed by atoms with Gasteiger partial charge < -0.3 is 20.9 Å². The molecule has 0 aliphatic carbocycles. The van der Waals surface area contributed by atoms with Gasteiger partial charge in [0.25, 0.3) is 0 Å². The molecule has 0 bridgehead atoms. The summed E-state index contributed by atoms with van der Waals surface area (Å²) in [4.78, 5) is 20.8. The summed E-state index contributed by atoms with van der Waals surface area (Å²) < 4.78 is 0. The first-order valence-corrected chi connectivity index (χ1v) is 11.9. The Labute approximate surface area is 187 Å². The minimum absolute atomic E-state index is 0.0896. The number of carbonyl (C=O) groups is 1. The van der Waals surface area contributed by atoms with Crippen molar-refractivity contribution in [3.8, 4) is 0 Å². The van der Waals surface area contributed by atoms with E-state index in [0.29, 0.717) is 25.0 Å². The quantitative estimate of drug-likeness (QED) is 0.459. The maximum atomic E-state index is 11.6. The van der Waals surface area contributed by atoms with Gasteiger partial charge in [0, 0.05) is 45.0 Å². The highest BCUT2D eigenvalue weighted by Gasteiger charge is 2.23. The molecule has 7 nitrogen and oxygen atoms in total. The van der Waals surface area contributed by atoms with Crippen molar-refractivity contribution in [1.29, 1.82) is 0 Å². The van der Waals surface area contributed by atoms with Crippen molar-refractivity contribution in [2.75, 3.05) is 51.2 Å². The normalized spacial score (nSPS) is 19.7. The molecular weight excluding hydrogens is 388 g/mol. The molecule has 0 saturated carbocycles. The van der Waals surface area contributed by atoms with Crippen molar-refractivity contribution in [3.63, 3.8) is 0 Å². The van der Waals surface area contributed by atoms with Gasteiger partial charge in [-0.15, -0.1) is 0 Å². The number of nitrogens with one attached hydrogen (secondary N) is 3. The highest BCUT2D eigenvalue weighted by atomic mass is 16.2. The number of hydrogen-bond donors (Lipinski definition) is 3. The molecule has 1 aromatic rings. The third kappa shape index (κ3) is 7.13. The van der Waals surface area contributed by atoms with E-state index in [2.05, 4.69) is 68.9 Å². The number of rotatable bonds is 7. The predicted molar refractivity (Wildman–Crippen MR) is 129 cm³/mol. The first-order valence-electron chi connectivity index (χ1n) is 11.9. The summed E-state index contributed by atoms with van der Waals surface area (Å²) >= 11 is 0. The van der Waals surface area contributed by atoms with Gasteiger partial charge >= 0.3 is 0 Å². The summed E-state index contributed by atoms with van der Waals surface area (Å²) in [5.41, 5.74) is 2.29. The molecule has 31 heavy (non-hydrogen) atoms. The lowest BCUT2D eigenvalue weighted by molar-refractivity contribution is -0.120. The zero-order valence-corrected chi connectivity index (χ0v) is 19.5. The fraction of sp³-hybridized carbons (Fsp3) is 0.667. The van der Waals surface area contributed by atoms with Gasteiger partial charge in [-0.05, 0) is 49.5 Å². The van der Waals surface area contributed by atoms with Gasteiger partial charge in [-0.2, -0.15) is 0 Å². The number of carbonyl (C=O) groups excluding carboxylic acids is 1. The summed E-state index contributed by atoms with van der Waals surface area (Å²) in [7, 11) is 1.83. The monoisotopic (exact) mass is 428 g/mol. The van der Waals surface area contributed by atoms with Crippen LogP contribution in [0.5, 0.6) is 0 Å². The van der Waals surface area contributed by atoms with E-state index in [1.807, 2.05) is 7.05 Å². The minimum Gasteiger partial charge on any atom is -0.360 e. The number of aliphatic imine (C=N–C) groups is 1. The maximum Gasteiger partial charge on any atom is 0.239 e. The van der Waals surface area contributed by atoms with Crippen LogP contribution in [0.2, 0.25) is 0 Å². The van der Waals surface area contributed by atoms with E-state index in [1.54, 1.807) is 0 Å². The molecule has 2 aliphatic heterocycles. The number of amides is 1. The Morgan fingerprint density at radius 2 is 1.77 bits per heavy atom. The molecule has 3 rings (SSSR count). The fourth-order valence-electron chi connectivity index (χ4n) is 4.50. The molecule has 1 atom stereocenters. The summed E-state index contributed by atoms with van der Waals surface area (Å²) in [5.74, 6) is 1.54. The third-order valence-corrected chi connectivity index (χ3v) is 6.38. The third-order valence-electron chi connectivity index (χ3n) is 6.38. The second-order valence-corrected chi connectivity index (χ2v) is 9.01. The van der Waals surface area contributed by atoms with Crippen LogP contribution in [0.3, 0.4) is 0 Å². The predicted octanol–water partition coefficient (Wildman–Crippen LogP) is 2.19. The number of piperazine rings is 1. The second kappa shape index (κ2) is 11.9. The maximum absolute atomic E-state index is 11.6. The molecular formula is C24H40N6O. The van der Waals surface area contributed by atoms with Gasteiger partial charge in [0.2, 0.25) is 5.91 Å². The van der Waals surface area contributed by atoms with Crippen molar-refractivity contribution in [3.05, 3.63) is 29.8 Å². The second-order valence-electron chi connectivity index (χ2n) is 9.01. The standard InChI is InChI=1S/C24H40N6O/c1-19(2)22(29-13-6-4-5-7-14-29)17-28-24(25-3)27-16-20-8-10-21(11-9-20)30-15-12-26-23(31)18-30/h8-11,19,22H,4-7,12-18H2,1-3H3,(H,26,31)(H2,25,27,28). The van der Waals surface area contributed by atoms with Gasteiger partial charge in [0.1, 0.15) is 0 Å². The highest BCUT2D eigenvalue weighted by Crippen LogP contribution is 2.18. The molecule has 2 fully saturated rings. The first-order chi connectivity index (χ1) is 15.1. The molecule has 0 radical (unpaired) electrons. The Kier molecular flexibility index (Phi) is 9.00. The SMILES string of the molecule is CN=C(NCc1ccc(N2CCNC(=O)C2)cc1)NCC(C(C)C)N1CCCCCC1. The van der Waals surface area contributed by atoms with Crippen molar-refractivity contribution in [2.24, 2.45) is 10.9 Å². The summed E-state index contributed by atoms with van der Waals surface area (Å²) in [6.07, 6.45) is 5.35. The molecule has 1 unspecified atom stereocenters. The van der Waals surface area contributed by atoms with Gasteiger partial charge in [0.05, 0.1) is 6.54 Å². The average Bonchev–Trinajstić information content (AvgIpc) is 3.05. The lowest BCUT2D eigenvalue weighted by Gasteiger charge is -2.34. The smallest absolute Gasteiger partial charge is 0.239 e. The Morgan fingerprint density at radius 1 is 1.06 bits per heavy atom. The van der Waals surface area contributed by atoms with Crippen LogP contribution in [-0.2, 0) is 11.3 Å². The van der Waals surface area contributed by atoms with Crippen molar-refractivity contribution >= 4 is 17.6 Å². The summed E-state index contributed by atoms with van der Waals surface area (Å²) in [6, 6.07) is 8.96. The van der Waals surface area contributed by atoms with E-state index in [4.69, 9.17) is 0 Å². The number of anilines is 1. The molecule has 1 amide bonds. The van der Waals surface area contributed by atoms with E-state index in [-0.39, 0.29) is 5.91 Å². The average molecular weight is 429 g/mol. The molecule has 2 saturated heterocycles. The number of hydrogen-bond acceptors (Lipinski definition) is 4. The lowest BCUT2D eigenvalue weighted by atomic mass is 10.0. The minimum atomic E-state index is 0.0896. The van der Waals surface area contributed by atoms with Crippen LogP contribution in [0.15, 0.2) is 29.3 Å². The first kappa shape index (κ1) is 23.4. The largest absolute Gasteiger partial charge is 0.360 e. The van der Waals surface area contributed by atoms with E-state index in [9.17, 15) is 4.79 Å². The Balaban J connectivity index is 1.48. The molecule has 0 aromatic heterocycles. The van der Waals surface area contributed by atoms with Gasteiger partial charge in [-0.3, -0.25) is 14.7 Å². The van der Waals surface area contributed by atoms with Crippen LogP contribution >= 0.6 is 0 Å². The highest BCUT2D eigenvalue weighted by molar-refractivity contribution is 5.82. The molecule has 0 spiro atoms. The van der Waals surface area contributed by atoms with Crippen LogP contribution in [0.25, 0.3) is 0 Å². The van der Waals surface area contributed by atoms with Crippen LogP contribution in [0, 0.1) is 5.92 Å². The molecule has 2 heterocycles. The zero-order chi connectivity index (χ0) is 22.1. The molecule has 172 valence electrons. The van der Waals surface area contributed by atoms with Crippen molar-refractivity contribution in [1.82, 2.24) is 20.9 Å². The molecule has 3 N–H and O–H groups in total. The van der Waals surface area contributed by atoms with E-state index in [0.717, 1.165) is 31.3 Å². The van der Waals surface area contributed by atoms with Crippen LogP contribution in [0.1, 0.15) is 45.1 Å². The van der Waals surface area contributed by atoms with Gasteiger partial charge in [-0.1, -0.05) is 38.8 Å². The number of benzene rings is 1. The van der Waals surface area contributed by atoms with Crippen molar-refractivity contribution < 1.29 is 4.79 Å². The molecule has 7 heteroatoms. The van der Waals surface area contributed by atoms with Crippen LogP contribution < -0.4 is 20.9 Å². The topological polar surface area (TPSA) is 72.0 Å². The van der Waals surface area contributed by atoms with Gasteiger partial charge in [0.15, 0.2) is 5.96 Å². The number of guanidine groups is 1. The number of likely N-dealkylation sites (tertiary alicyclic amines) is 1. The Hall–Kier alpha value is -2.28. The van der Waals surface area contributed by atoms with Crippen LogP contribution in [0.4, 0.5) is 5.69 Å². The zero-order valence-electron chi connectivity index (χ0n) is 19.5. The van der Waals surface area contributed by atoms with E-state index in [1.165, 1.54) is 44.3 Å². The Morgan fingerprint density at radius 3 is 2.39 bits per heavy atom. The molecule has 2 aliphatic rings.